The molecule has 1 aliphatic carbocycles. The van der Waals surface area contributed by atoms with Crippen molar-refractivity contribution in [2.24, 2.45) is 0 Å². The molecule has 2 N–H and O–H groups in total. The molecule has 0 bridgehead atoms. The normalized spacial score (nSPS) is 13.3. The topological polar surface area (TPSA) is 116 Å². The van der Waals surface area contributed by atoms with Gasteiger partial charge >= 0.3 is 0 Å². The SMILES string of the molecule is Cc1ncc(O)c(NCc2cn3cc(C4CC4)cc(N(C=O)CC(=O)N(C)C)c3n2)n1. The van der Waals surface area contributed by atoms with Crippen LogP contribution >= 0.6 is 0 Å². The summed E-state index contributed by atoms with van der Waals surface area (Å²) >= 11 is 0. The molecule has 2 amide bonds. The van der Waals surface area contributed by atoms with Crippen molar-refractivity contribution >= 4 is 29.5 Å². The van der Waals surface area contributed by atoms with E-state index >= 15 is 0 Å². The molecular weight excluding hydrogens is 398 g/mol. The number of hydrogen-bond acceptors (Lipinski definition) is 7. The fraction of sp³-hybridized carbons (Fsp3) is 0.381. The minimum Gasteiger partial charge on any atom is -0.503 e. The Morgan fingerprint density at radius 1 is 1.32 bits per heavy atom. The Hall–Kier alpha value is -3.69. The number of nitrogens with one attached hydrogen (secondary N) is 1. The van der Waals surface area contributed by atoms with E-state index in [1.807, 2.05) is 22.9 Å². The van der Waals surface area contributed by atoms with Crippen LogP contribution in [0.2, 0.25) is 0 Å². The Bertz CT molecular complexity index is 1140. The predicted octanol–water partition coefficient (Wildman–Crippen LogP) is 1.68. The summed E-state index contributed by atoms with van der Waals surface area (Å²) in [6.45, 7) is 2.00. The first-order valence-electron chi connectivity index (χ1n) is 10.1. The van der Waals surface area contributed by atoms with E-state index in [9.17, 15) is 14.7 Å². The largest absolute Gasteiger partial charge is 0.503 e. The Morgan fingerprint density at radius 3 is 2.77 bits per heavy atom. The number of pyridine rings is 1. The third kappa shape index (κ3) is 4.42. The Labute approximate surface area is 179 Å². The highest BCUT2D eigenvalue weighted by Gasteiger charge is 2.27. The number of nitrogens with zero attached hydrogens (tertiary/aromatic N) is 6. The summed E-state index contributed by atoms with van der Waals surface area (Å²) in [4.78, 5) is 39.7. The molecule has 10 heteroatoms. The molecule has 0 aromatic carbocycles. The van der Waals surface area contributed by atoms with Crippen LogP contribution in [0.4, 0.5) is 11.5 Å². The second-order valence-electron chi connectivity index (χ2n) is 7.92. The number of fused-ring (bicyclic) bond motifs is 1. The zero-order chi connectivity index (χ0) is 22.1. The van der Waals surface area contributed by atoms with Gasteiger partial charge in [0, 0.05) is 26.5 Å². The molecule has 162 valence electrons. The molecule has 3 aromatic rings. The van der Waals surface area contributed by atoms with Crippen LogP contribution in [0.25, 0.3) is 5.65 Å². The number of imidazole rings is 1. The second kappa shape index (κ2) is 8.21. The number of rotatable bonds is 8. The summed E-state index contributed by atoms with van der Waals surface area (Å²) in [6, 6.07) is 1.95. The first kappa shape index (κ1) is 20.6. The molecule has 3 heterocycles. The second-order valence-corrected chi connectivity index (χ2v) is 7.92. The van der Waals surface area contributed by atoms with E-state index in [1.165, 1.54) is 16.0 Å². The maximum Gasteiger partial charge on any atom is 0.242 e. The van der Waals surface area contributed by atoms with Gasteiger partial charge in [0.1, 0.15) is 12.4 Å². The van der Waals surface area contributed by atoms with Crippen molar-refractivity contribution in [1.29, 1.82) is 0 Å². The van der Waals surface area contributed by atoms with Crippen molar-refractivity contribution in [2.45, 2.75) is 32.2 Å². The Morgan fingerprint density at radius 2 is 2.10 bits per heavy atom. The van der Waals surface area contributed by atoms with Crippen molar-refractivity contribution in [3.05, 3.63) is 41.7 Å². The van der Waals surface area contributed by atoms with Crippen LogP contribution in [0.3, 0.4) is 0 Å². The van der Waals surface area contributed by atoms with Crippen molar-refractivity contribution in [2.75, 3.05) is 30.9 Å². The third-order valence-electron chi connectivity index (χ3n) is 5.22. The summed E-state index contributed by atoms with van der Waals surface area (Å²) in [5.41, 5.74) is 3.01. The molecule has 0 radical (unpaired) electrons. The molecule has 3 aromatic heterocycles. The van der Waals surface area contributed by atoms with Gasteiger partial charge in [-0.3, -0.25) is 9.59 Å². The lowest BCUT2D eigenvalue weighted by Gasteiger charge is -2.20. The molecule has 31 heavy (non-hydrogen) atoms. The van der Waals surface area contributed by atoms with Crippen LogP contribution in [0.1, 0.15) is 35.8 Å². The standard InChI is InChI=1S/C21H25N7O3/c1-13-22-8-18(30)20(24-13)23-7-16-10-27-9-15(14-4-5-14)6-17(21(27)25-16)28(12-29)11-19(31)26(2)3/h6,8-10,12,14,30H,4-5,7,11H2,1-3H3,(H,22,23,24). The van der Waals surface area contributed by atoms with Crippen LogP contribution < -0.4 is 10.2 Å². The molecule has 0 unspecified atom stereocenters. The average Bonchev–Trinajstić information content (AvgIpc) is 3.51. The first-order chi connectivity index (χ1) is 14.9. The van der Waals surface area contributed by atoms with Gasteiger partial charge in [0.05, 0.1) is 24.1 Å². The van der Waals surface area contributed by atoms with Gasteiger partial charge < -0.3 is 24.6 Å². The number of hydrogen-bond donors (Lipinski definition) is 2. The molecule has 10 nitrogen and oxygen atoms in total. The summed E-state index contributed by atoms with van der Waals surface area (Å²) in [5, 5.41) is 13.0. The monoisotopic (exact) mass is 423 g/mol. The number of anilines is 2. The van der Waals surface area contributed by atoms with E-state index in [4.69, 9.17) is 0 Å². The molecule has 4 rings (SSSR count). The van der Waals surface area contributed by atoms with Gasteiger partial charge in [-0.05, 0) is 37.3 Å². The number of aromatic hydroxyl groups is 1. The molecule has 0 atom stereocenters. The maximum atomic E-state index is 12.2. The molecule has 1 fully saturated rings. The van der Waals surface area contributed by atoms with Crippen LogP contribution in [-0.4, -0.2) is 62.3 Å². The lowest BCUT2D eigenvalue weighted by molar-refractivity contribution is -0.128. The maximum absolute atomic E-state index is 12.2. The van der Waals surface area contributed by atoms with Gasteiger partial charge in [-0.2, -0.15) is 0 Å². The van der Waals surface area contributed by atoms with Crippen molar-refractivity contribution in [3.8, 4) is 5.75 Å². The number of carbonyl (C=O) groups excluding carboxylic acids is 2. The van der Waals surface area contributed by atoms with Crippen LogP contribution in [0.5, 0.6) is 5.75 Å². The van der Waals surface area contributed by atoms with E-state index in [0.717, 1.165) is 18.4 Å². The van der Waals surface area contributed by atoms with Crippen molar-refractivity contribution < 1.29 is 14.7 Å². The lowest BCUT2D eigenvalue weighted by atomic mass is 10.1. The molecule has 0 spiro atoms. The smallest absolute Gasteiger partial charge is 0.242 e. The molecule has 1 aliphatic rings. The Kier molecular flexibility index (Phi) is 5.45. The lowest BCUT2D eigenvalue weighted by Crippen LogP contribution is -2.36. The van der Waals surface area contributed by atoms with Crippen molar-refractivity contribution in [1.82, 2.24) is 24.3 Å². The van der Waals surface area contributed by atoms with E-state index in [0.29, 0.717) is 47.5 Å². The van der Waals surface area contributed by atoms with Gasteiger partial charge in [-0.1, -0.05) is 0 Å². The van der Waals surface area contributed by atoms with Gasteiger partial charge in [0.15, 0.2) is 17.2 Å². The van der Waals surface area contributed by atoms with E-state index < -0.39 is 0 Å². The highest BCUT2D eigenvalue weighted by Crippen LogP contribution is 2.41. The predicted molar refractivity (Wildman–Crippen MR) is 115 cm³/mol. The minimum absolute atomic E-state index is 0.0413. The zero-order valence-corrected chi connectivity index (χ0v) is 17.7. The highest BCUT2D eigenvalue weighted by molar-refractivity contribution is 5.92. The molecule has 1 saturated carbocycles. The number of aromatic nitrogens is 4. The fourth-order valence-electron chi connectivity index (χ4n) is 3.32. The molecular formula is C21H25N7O3. The van der Waals surface area contributed by atoms with Gasteiger partial charge in [0.2, 0.25) is 12.3 Å². The summed E-state index contributed by atoms with van der Waals surface area (Å²) < 4.78 is 1.89. The van der Waals surface area contributed by atoms with Gasteiger partial charge in [-0.15, -0.1) is 0 Å². The van der Waals surface area contributed by atoms with Crippen LogP contribution in [0.15, 0.2) is 24.7 Å². The molecule has 0 saturated heterocycles. The third-order valence-corrected chi connectivity index (χ3v) is 5.22. The number of amides is 2. The number of aryl methyl sites for hydroxylation is 1. The van der Waals surface area contributed by atoms with Crippen LogP contribution in [0, 0.1) is 6.92 Å². The summed E-state index contributed by atoms with van der Waals surface area (Å²) in [6.07, 6.45) is 8.13. The zero-order valence-electron chi connectivity index (χ0n) is 17.7. The average molecular weight is 423 g/mol. The highest BCUT2D eigenvalue weighted by atomic mass is 16.3. The van der Waals surface area contributed by atoms with E-state index in [1.54, 1.807) is 21.0 Å². The van der Waals surface area contributed by atoms with E-state index in [-0.39, 0.29) is 18.2 Å². The Balaban J connectivity index is 1.67. The van der Waals surface area contributed by atoms with Gasteiger partial charge in [-0.25, -0.2) is 15.0 Å². The molecule has 0 aliphatic heterocycles. The summed E-state index contributed by atoms with van der Waals surface area (Å²) in [7, 11) is 3.32. The van der Waals surface area contributed by atoms with E-state index in [2.05, 4.69) is 20.3 Å². The first-order valence-corrected chi connectivity index (χ1v) is 10.1. The fourth-order valence-corrected chi connectivity index (χ4v) is 3.32. The number of carbonyl (C=O) groups is 2. The minimum atomic E-state index is -0.176. The number of likely N-dealkylation sites (N-methyl/N-ethyl adjacent to an activating group) is 1. The van der Waals surface area contributed by atoms with Crippen molar-refractivity contribution in [3.63, 3.8) is 0 Å². The van der Waals surface area contributed by atoms with Crippen LogP contribution in [-0.2, 0) is 16.1 Å². The van der Waals surface area contributed by atoms with Gasteiger partial charge in [0.25, 0.3) is 0 Å². The quantitative estimate of drug-likeness (QED) is 0.530. The summed E-state index contributed by atoms with van der Waals surface area (Å²) in [5.74, 6) is 1.12.